The van der Waals surface area contributed by atoms with E-state index >= 15 is 0 Å². The van der Waals surface area contributed by atoms with Crippen molar-refractivity contribution in [2.75, 3.05) is 0 Å². The molecule has 0 saturated carbocycles. The lowest BCUT2D eigenvalue weighted by Crippen LogP contribution is -2.08. The van der Waals surface area contributed by atoms with Crippen LogP contribution in [-0.4, -0.2) is 0 Å². The van der Waals surface area contributed by atoms with Gasteiger partial charge in [-0.05, 0) is 23.7 Å². The Hall–Kier alpha value is -1.02. The van der Waals surface area contributed by atoms with Crippen molar-refractivity contribution >= 4 is 15.9 Å². The van der Waals surface area contributed by atoms with Crippen molar-refractivity contribution in [3.05, 3.63) is 33.7 Å². The molecule has 0 fully saturated rings. The highest BCUT2D eigenvalue weighted by Gasteiger charge is 2.32. The van der Waals surface area contributed by atoms with Gasteiger partial charge in [-0.3, -0.25) is 0 Å². The summed E-state index contributed by atoms with van der Waals surface area (Å²) in [6.07, 6.45) is -8.23. The highest BCUT2D eigenvalue weighted by molar-refractivity contribution is 9.10. The quantitative estimate of drug-likeness (QED) is 0.765. The van der Waals surface area contributed by atoms with Crippen LogP contribution in [0, 0.1) is 11.3 Å². The van der Waals surface area contributed by atoms with Gasteiger partial charge >= 0.3 is 6.18 Å². The number of nitrogens with zero attached hydrogens (tertiary/aromatic N) is 1. The van der Waals surface area contributed by atoms with Gasteiger partial charge in [-0.15, -0.1) is 0 Å². The molecule has 1 rings (SSSR count). The molecule has 0 radical (unpaired) electrons. The van der Waals surface area contributed by atoms with Crippen molar-refractivity contribution in [1.29, 1.82) is 5.26 Å². The number of nitriles is 1. The molecule has 0 heterocycles. The van der Waals surface area contributed by atoms with Gasteiger partial charge in [0.1, 0.15) is 0 Å². The van der Waals surface area contributed by atoms with Crippen molar-refractivity contribution in [1.82, 2.24) is 0 Å². The van der Waals surface area contributed by atoms with Crippen LogP contribution >= 0.6 is 15.9 Å². The van der Waals surface area contributed by atoms with E-state index in [4.69, 9.17) is 12.1 Å². The Bertz CT molecular complexity index is 579. The summed E-state index contributed by atoms with van der Waals surface area (Å²) in [7, 11) is 0. The third kappa shape index (κ3) is 2.48. The second-order valence-corrected chi connectivity index (χ2v) is 2.97. The van der Waals surface area contributed by atoms with E-state index in [1.165, 1.54) is 0 Å². The molecule has 5 heteroatoms. The third-order valence-corrected chi connectivity index (χ3v) is 1.64. The number of hydrogen-bond donors (Lipinski definition) is 0. The van der Waals surface area contributed by atoms with Gasteiger partial charge in [0.25, 0.3) is 0 Å². The van der Waals surface area contributed by atoms with Gasteiger partial charge in [0.05, 0.1) is 22.1 Å². The lowest BCUT2D eigenvalue weighted by Gasteiger charge is -2.10. The van der Waals surface area contributed by atoms with E-state index in [9.17, 15) is 13.2 Å². The first kappa shape index (κ1) is 5.76. The Balaban J connectivity index is 3.96. The summed E-state index contributed by atoms with van der Waals surface area (Å²) in [5, 5.41) is 8.61. The maximum absolute atomic E-state index is 12.9. The van der Waals surface area contributed by atoms with Gasteiger partial charge in [-0.2, -0.15) is 18.4 Å². The second-order valence-electron chi connectivity index (χ2n) is 2.17. The monoisotopic (exact) mass is 268 g/mol. The van der Waals surface area contributed by atoms with Gasteiger partial charge < -0.3 is 0 Å². The molecule has 0 aromatic heterocycles. The molecule has 1 aromatic carbocycles. The lowest BCUT2D eigenvalue weighted by molar-refractivity contribution is -0.138. The molecule has 1 aromatic rings. The first-order valence-electron chi connectivity index (χ1n) is 5.73. The predicted molar refractivity (Wildman–Crippen MR) is 48.5 cm³/mol. The lowest BCUT2D eigenvalue weighted by atomic mass is 10.1. The zero-order valence-corrected chi connectivity index (χ0v) is 8.05. The fraction of sp³-hybridized carbons (Fsp3) is 0.222. The van der Waals surface area contributed by atoms with Gasteiger partial charge in [0.15, 0.2) is 0 Å². The molecule has 0 bridgehead atoms. The Morgan fingerprint density at radius 2 is 2.21 bits per heavy atom. The van der Waals surface area contributed by atoms with Gasteiger partial charge in [0.2, 0.25) is 0 Å². The molecule has 74 valence electrons. The second kappa shape index (κ2) is 4.01. The third-order valence-electron chi connectivity index (χ3n) is 1.25. The van der Waals surface area contributed by atoms with Crippen molar-refractivity contribution in [3.63, 3.8) is 0 Å². The van der Waals surface area contributed by atoms with Crippen LogP contribution in [0.1, 0.15) is 18.0 Å². The molecular weight excluding hydrogens is 259 g/mol. The van der Waals surface area contributed by atoms with E-state index in [2.05, 4.69) is 15.9 Å². The van der Waals surface area contributed by atoms with Crippen LogP contribution in [0.2, 0.25) is 0 Å². The summed E-state index contributed by atoms with van der Waals surface area (Å²) in [5.74, 6) is 0. The number of halogens is 4. The topological polar surface area (TPSA) is 23.8 Å². The van der Waals surface area contributed by atoms with Crippen LogP contribution in [-0.2, 0) is 12.5 Å². The Labute approximate surface area is 94.3 Å². The van der Waals surface area contributed by atoms with Crippen molar-refractivity contribution in [2.24, 2.45) is 0 Å². The minimum absolute atomic E-state index is 0.459. The minimum atomic E-state index is -5.14. The molecule has 0 unspecified atom stereocenters. The summed E-state index contributed by atoms with van der Waals surface area (Å²) in [4.78, 5) is 0. The fourth-order valence-corrected chi connectivity index (χ4v) is 1.04. The van der Waals surface area contributed by atoms with Gasteiger partial charge in [-0.25, -0.2) is 0 Å². The van der Waals surface area contributed by atoms with Crippen LogP contribution in [0.15, 0.2) is 22.6 Å². The van der Waals surface area contributed by atoms with E-state index in [0.717, 1.165) is 6.07 Å². The largest absolute Gasteiger partial charge is 0.416 e. The molecule has 0 aliphatic carbocycles. The summed E-state index contributed by atoms with van der Waals surface area (Å²) >= 11 is 2.66. The average molecular weight is 269 g/mol. The highest BCUT2D eigenvalue weighted by atomic mass is 79.9. The summed E-state index contributed by atoms with van der Waals surface area (Å²) in [6.45, 7) is 0. The first-order valence-corrected chi connectivity index (χ1v) is 4.02. The van der Waals surface area contributed by atoms with Gasteiger partial charge in [0, 0.05) is 7.21 Å². The van der Waals surface area contributed by atoms with Gasteiger partial charge in [-0.1, -0.05) is 15.9 Å². The number of alkyl halides is 3. The van der Waals surface area contributed by atoms with Crippen molar-refractivity contribution in [3.8, 4) is 6.07 Å². The maximum atomic E-state index is 12.9. The van der Waals surface area contributed by atoms with Crippen LogP contribution in [0.3, 0.4) is 0 Å². The Morgan fingerprint density at radius 3 is 2.71 bits per heavy atom. The van der Waals surface area contributed by atoms with E-state index in [-0.39, 0.29) is 0 Å². The molecule has 1 nitrogen and oxygen atoms in total. The first-order chi connectivity index (χ1) is 8.45. The highest BCUT2D eigenvalue weighted by Crippen LogP contribution is 2.33. The van der Waals surface area contributed by atoms with Crippen molar-refractivity contribution in [2.45, 2.75) is 12.5 Å². The molecule has 14 heavy (non-hydrogen) atoms. The zero-order valence-electron chi connectivity index (χ0n) is 11.5. The number of rotatable bonds is 1. The molecular formula is C9H5BrF3N. The molecule has 0 aliphatic rings. The van der Waals surface area contributed by atoms with Crippen LogP contribution < -0.4 is 0 Å². The molecule has 0 amide bonds. The molecule has 0 spiro atoms. The maximum Gasteiger partial charge on any atom is 0.416 e. The molecule has 0 aliphatic heterocycles. The van der Waals surface area contributed by atoms with Crippen LogP contribution in [0.4, 0.5) is 13.2 Å². The molecule has 0 saturated heterocycles. The minimum Gasteiger partial charge on any atom is -0.198 e. The Kier molecular flexibility index (Phi) is 1.65. The summed E-state index contributed by atoms with van der Waals surface area (Å²) in [5.41, 5.74) is -3.02. The standard InChI is InChI=1S/C9H5BrF3N/c10-7-1-2-8(9(11,12)13)6(5-7)3-4-14/h1-2,5H,3H2/i1D,2D,3D2,5D. The number of hydrogen-bond acceptors (Lipinski definition) is 1. The summed E-state index contributed by atoms with van der Waals surface area (Å²) < 4.78 is 74.8. The van der Waals surface area contributed by atoms with Crippen molar-refractivity contribution < 1.29 is 20.0 Å². The van der Waals surface area contributed by atoms with E-state index < -0.39 is 46.3 Å². The van der Waals surface area contributed by atoms with E-state index in [1.807, 2.05) is 0 Å². The average Bonchev–Trinajstić information content (AvgIpc) is 2.28. The zero-order chi connectivity index (χ0) is 15.2. The molecule has 0 atom stereocenters. The normalized spacial score (nSPS) is 17.2. The Morgan fingerprint density at radius 1 is 1.57 bits per heavy atom. The smallest absolute Gasteiger partial charge is 0.198 e. The van der Waals surface area contributed by atoms with E-state index in [0.29, 0.717) is 0 Å². The van der Waals surface area contributed by atoms with Crippen LogP contribution in [0.25, 0.3) is 0 Å². The molecule has 0 N–H and O–H groups in total. The van der Waals surface area contributed by atoms with Crippen LogP contribution in [0.5, 0.6) is 0 Å². The fourth-order valence-electron chi connectivity index (χ4n) is 0.746. The summed E-state index contributed by atoms with van der Waals surface area (Å²) in [6, 6.07) is -2.08. The van der Waals surface area contributed by atoms with E-state index in [1.54, 1.807) is 0 Å². The predicted octanol–water partition coefficient (Wildman–Crippen LogP) is 3.53. The number of benzene rings is 1. The SMILES string of the molecule is [2H]c1c([2H])c(C(F)(F)F)c(C([2H])([2H])C#N)c([2H])c1Br.